The van der Waals surface area contributed by atoms with E-state index < -0.39 is 0 Å². The van der Waals surface area contributed by atoms with E-state index in [0.717, 1.165) is 48.5 Å². The molecule has 1 unspecified atom stereocenters. The zero-order chi connectivity index (χ0) is 21.3. The van der Waals surface area contributed by atoms with Crippen molar-refractivity contribution in [2.24, 2.45) is 5.92 Å². The van der Waals surface area contributed by atoms with E-state index in [0.29, 0.717) is 18.1 Å². The molecule has 30 heavy (non-hydrogen) atoms. The highest BCUT2D eigenvalue weighted by molar-refractivity contribution is 7.13. The van der Waals surface area contributed by atoms with Gasteiger partial charge in [-0.15, -0.1) is 11.3 Å². The van der Waals surface area contributed by atoms with E-state index in [1.807, 2.05) is 34.5 Å². The van der Waals surface area contributed by atoms with Gasteiger partial charge in [0.25, 0.3) is 0 Å². The highest BCUT2D eigenvalue weighted by atomic mass is 35.5. The first-order valence-corrected chi connectivity index (χ1v) is 12.1. The minimum Gasteiger partial charge on any atom is -0.356 e. The molecule has 3 rings (SSSR count). The normalized spacial score (nSPS) is 16.5. The van der Waals surface area contributed by atoms with Crippen LogP contribution < -0.4 is 5.32 Å². The first-order chi connectivity index (χ1) is 14.6. The van der Waals surface area contributed by atoms with Gasteiger partial charge in [0.05, 0.1) is 23.1 Å². The lowest BCUT2D eigenvalue weighted by Gasteiger charge is -2.32. The standard InChI is InChI=1S/C23H30ClN3O2S/c1-2-3-4-7-12-25-22(29)17-9-8-13-27(15-17)21(28)14-18-16-30-23(26-18)19-10-5-6-11-20(19)24/h5-6,10-11,16-17H,2-4,7-9,12-15H2,1H3,(H,25,29). The molecule has 1 N–H and O–H groups in total. The second-order valence-corrected chi connectivity index (χ2v) is 9.10. The molecule has 0 bridgehead atoms. The van der Waals surface area contributed by atoms with Gasteiger partial charge in [0, 0.05) is 30.6 Å². The number of likely N-dealkylation sites (tertiary alicyclic amines) is 1. The van der Waals surface area contributed by atoms with Crippen molar-refractivity contribution in [3.63, 3.8) is 0 Å². The second-order valence-electron chi connectivity index (χ2n) is 7.83. The fourth-order valence-electron chi connectivity index (χ4n) is 3.74. The van der Waals surface area contributed by atoms with Crippen LogP contribution in [-0.4, -0.2) is 41.3 Å². The number of hydrogen-bond donors (Lipinski definition) is 1. The van der Waals surface area contributed by atoms with Crippen LogP contribution in [0, 0.1) is 5.92 Å². The molecule has 1 aromatic heterocycles. The topological polar surface area (TPSA) is 62.3 Å². The Morgan fingerprint density at radius 1 is 1.27 bits per heavy atom. The molecule has 7 heteroatoms. The molecule has 0 aliphatic carbocycles. The van der Waals surface area contributed by atoms with Crippen molar-refractivity contribution in [1.29, 1.82) is 0 Å². The van der Waals surface area contributed by atoms with Gasteiger partial charge in [-0.3, -0.25) is 9.59 Å². The Morgan fingerprint density at radius 3 is 2.90 bits per heavy atom. The van der Waals surface area contributed by atoms with E-state index in [1.54, 1.807) is 0 Å². The Hall–Kier alpha value is -1.92. The van der Waals surface area contributed by atoms with Crippen molar-refractivity contribution in [3.05, 3.63) is 40.4 Å². The van der Waals surface area contributed by atoms with Gasteiger partial charge in [-0.1, -0.05) is 56.0 Å². The predicted molar refractivity (Wildman–Crippen MR) is 123 cm³/mol. The van der Waals surface area contributed by atoms with E-state index in [4.69, 9.17) is 11.6 Å². The number of nitrogens with one attached hydrogen (secondary N) is 1. The van der Waals surface area contributed by atoms with Crippen LogP contribution in [0.5, 0.6) is 0 Å². The third-order valence-electron chi connectivity index (χ3n) is 5.46. The van der Waals surface area contributed by atoms with Crippen molar-refractivity contribution in [1.82, 2.24) is 15.2 Å². The fraction of sp³-hybridized carbons (Fsp3) is 0.522. The molecular formula is C23H30ClN3O2S. The molecule has 1 aliphatic heterocycles. The third-order valence-corrected chi connectivity index (χ3v) is 6.72. The van der Waals surface area contributed by atoms with Crippen LogP contribution in [-0.2, 0) is 16.0 Å². The minimum atomic E-state index is -0.108. The van der Waals surface area contributed by atoms with E-state index in [2.05, 4.69) is 17.2 Å². The molecule has 1 saturated heterocycles. The van der Waals surface area contributed by atoms with Gasteiger partial charge in [0.1, 0.15) is 5.01 Å². The van der Waals surface area contributed by atoms with Gasteiger partial charge >= 0.3 is 0 Å². The Kier molecular flexibility index (Phi) is 8.70. The predicted octanol–water partition coefficient (Wildman–Crippen LogP) is 4.94. The van der Waals surface area contributed by atoms with Gasteiger partial charge in [-0.25, -0.2) is 4.98 Å². The quantitative estimate of drug-likeness (QED) is 0.553. The average molecular weight is 448 g/mol. The highest BCUT2D eigenvalue weighted by Crippen LogP contribution is 2.30. The fourth-order valence-corrected chi connectivity index (χ4v) is 4.88. The van der Waals surface area contributed by atoms with Crippen LogP contribution in [0.2, 0.25) is 5.02 Å². The number of nitrogens with zero attached hydrogens (tertiary/aromatic N) is 2. The summed E-state index contributed by atoms with van der Waals surface area (Å²) in [5.74, 6) is 0.00751. The smallest absolute Gasteiger partial charge is 0.228 e. The zero-order valence-electron chi connectivity index (χ0n) is 17.5. The van der Waals surface area contributed by atoms with Crippen LogP contribution in [0.15, 0.2) is 29.6 Å². The van der Waals surface area contributed by atoms with Crippen molar-refractivity contribution in [2.45, 2.75) is 51.9 Å². The summed E-state index contributed by atoms with van der Waals surface area (Å²) in [6.45, 7) is 4.12. The Balaban J connectivity index is 1.51. The maximum atomic E-state index is 12.8. The zero-order valence-corrected chi connectivity index (χ0v) is 19.1. The first-order valence-electron chi connectivity index (χ1n) is 10.8. The summed E-state index contributed by atoms with van der Waals surface area (Å²) in [5, 5.41) is 6.44. The summed E-state index contributed by atoms with van der Waals surface area (Å²) in [4.78, 5) is 31.7. The molecule has 5 nitrogen and oxygen atoms in total. The van der Waals surface area contributed by atoms with Crippen molar-refractivity contribution < 1.29 is 9.59 Å². The van der Waals surface area contributed by atoms with Gasteiger partial charge in [-0.05, 0) is 25.3 Å². The summed E-state index contributed by atoms with van der Waals surface area (Å²) >= 11 is 7.75. The summed E-state index contributed by atoms with van der Waals surface area (Å²) in [5.41, 5.74) is 1.64. The molecule has 2 heterocycles. The van der Waals surface area contributed by atoms with Crippen molar-refractivity contribution >= 4 is 34.8 Å². The average Bonchev–Trinajstić information content (AvgIpc) is 3.22. The lowest BCUT2D eigenvalue weighted by molar-refractivity contribution is -0.135. The van der Waals surface area contributed by atoms with Crippen LogP contribution >= 0.6 is 22.9 Å². The Labute approximate surface area is 187 Å². The van der Waals surface area contributed by atoms with Crippen LogP contribution in [0.1, 0.15) is 51.1 Å². The molecule has 0 spiro atoms. The number of benzene rings is 1. The van der Waals surface area contributed by atoms with Gasteiger partial charge < -0.3 is 10.2 Å². The number of carbonyl (C=O) groups excluding carboxylic acids is 2. The molecule has 0 saturated carbocycles. The molecule has 0 radical (unpaired) electrons. The summed E-state index contributed by atoms with van der Waals surface area (Å²) in [6.07, 6.45) is 6.52. The van der Waals surface area contributed by atoms with Crippen molar-refractivity contribution in [2.75, 3.05) is 19.6 Å². The maximum absolute atomic E-state index is 12.8. The van der Waals surface area contributed by atoms with Gasteiger partial charge in [0.2, 0.25) is 11.8 Å². The monoisotopic (exact) mass is 447 g/mol. The Bertz CT molecular complexity index is 854. The molecule has 2 amide bonds. The lowest BCUT2D eigenvalue weighted by Crippen LogP contribution is -2.46. The third kappa shape index (κ3) is 6.29. The molecular weight excluding hydrogens is 418 g/mol. The van der Waals surface area contributed by atoms with E-state index >= 15 is 0 Å². The number of halogens is 1. The van der Waals surface area contributed by atoms with Gasteiger partial charge in [-0.2, -0.15) is 0 Å². The largest absolute Gasteiger partial charge is 0.356 e. The molecule has 1 aliphatic rings. The number of aromatic nitrogens is 1. The second kappa shape index (κ2) is 11.5. The summed E-state index contributed by atoms with van der Waals surface area (Å²) < 4.78 is 0. The molecule has 162 valence electrons. The SMILES string of the molecule is CCCCCCNC(=O)C1CCCN(C(=O)Cc2csc(-c3ccccc3Cl)n2)C1. The number of piperidine rings is 1. The van der Waals surface area contributed by atoms with Crippen molar-refractivity contribution in [3.8, 4) is 10.6 Å². The number of hydrogen-bond acceptors (Lipinski definition) is 4. The van der Waals surface area contributed by atoms with Gasteiger partial charge in [0.15, 0.2) is 0 Å². The van der Waals surface area contributed by atoms with Crippen LogP contribution in [0.25, 0.3) is 10.6 Å². The number of carbonyl (C=O) groups is 2. The highest BCUT2D eigenvalue weighted by Gasteiger charge is 2.28. The Morgan fingerprint density at radius 2 is 2.10 bits per heavy atom. The summed E-state index contributed by atoms with van der Waals surface area (Å²) in [7, 11) is 0. The van der Waals surface area contributed by atoms with E-state index in [1.165, 1.54) is 24.2 Å². The van der Waals surface area contributed by atoms with E-state index in [9.17, 15) is 9.59 Å². The lowest BCUT2D eigenvalue weighted by atomic mass is 9.96. The number of unbranched alkanes of at least 4 members (excludes halogenated alkanes) is 3. The number of amides is 2. The molecule has 1 aromatic carbocycles. The van der Waals surface area contributed by atoms with E-state index in [-0.39, 0.29) is 24.2 Å². The molecule has 1 fully saturated rings. The minimum absolute atomic E-state index is 0.0338. The van der Waals surface area contributed by atoms with Crippen LogP contribution in [0.3, 0.4) is 0 Å². The maximum Gasteiger partial charge on any atom is 0.228 e. The number of rotatable bonds is 9. The molecule has 2 aromatic rings. The first kappa shape index (κ1) is 22.8. The molecule has 1 atom stereocenters. The summed E-state index contributed by atoms with van der Waals surface area (Å²) in [6, 6.07) is 7.59. The number of thiazole rings is 1. The van der Waals surface area contributed by atoms with Crippen LogP contribution in [0.4, 0.5) is 0 Å².